The van der Waals surface area contributed by atoms with Gasteiger partial charge in [-0.05, 0) is 49.4 Å². The molecule has 9 atom stereocenters. The molecule has 0 radical (unpaired) electrons. The number of aliphatic hydroxyl groups excluding tert-OH is 3. The van der Waals surface area contributed by atoms with Crippen LogP contribution in [0.15, 0.2) is 67.1 Å². The number of aromatic amines is 1. The Kier molecular flexibility index (Phi) is 21.1. The van der Waals surface area contributed by atoms with E-state index >= 15 is 0 Å². The van der Waals surface area contributed by atoms with Gasteiger partial charge in [-0.15, -0.1) is 0 Å². The second kappa shape index (κ2) is 26.1. The maximum Gasteiger partial charge on any atom is 0.326 e. The van der Waals surface area contributed by atoms with Crippen LogP contribution in [-0.2, 0) is 57.6 Å². The van der Waals surface area contributed by atoms with Crippen molar-refractivity contribution in [1.82, 2.24) is 47.2 Å². The SMILES string of the molecule is CC(C)C[C@H](NC(=O)[C@H](CO)NC(=O)[C@H](Cc1ccccc1)NC(=O)CN)C(=O)N[C@H](C(=O)N[C@H](C(=O)N[C@@H](Cc1ccc(O)cc1)C(=O)N[C@@H](Cc1c[nH]cn1)C(=O)O)[C@@H](C)O)[C@@H](C)O. The minimum Gasteiger partial charge on any atom is -0.508 e. The van der Waals surface area contributed by atoms with Crippen molar-refractivity contribution in [1.29, 1.82) is 0 Å². The number of carboxylic acid groups (broad SMARTS) is 1. The fourth-order valence-corrected chi connectivity index (χ4v) is 6.48. The van der Waals surface area contributed by atoms with Crippen molar-refractivity contribution in [3.05, 3.63) is 83.9 Å². The Bertz CT molecular complexity index is 2090. The lowest BCUT2D eigenvalue weighted by molar-refractivity contribution is -0.142. The smallest absolute Gasteiger partial charge is 0.326 e. The van der Waals surface area contributed by atoms with Gasteiger partial charge in [0.15, 0.2) is 0 Å². The molecule has 23 heteroatoms. The summed E-state index contributed by atoms with van der Waals surface area (Å²) in [4.78, 5) is 113. The highest BCUT2D eigenvalue weighted by atomic mass is 16.4. The van der Waals surface area contributed by atoms with Gasteiger partial charge in [-0.3, -0.25) is 33.6 Å². The molecule has 0 aliphatic carbocycles. The molecule has 0 saturated carbocycles. The molecule has 0 bridgehead atoms. The van der Waals surface area contributed by atoms with Gasteiger partial charge in [0.25, 0.3) is 0 Å². The highest BCUT2D eigenvalue weighted by Gasteiger charge is 2.37. The van der Waals surface area contributed by atoms with E-state index in [1.807, 2.05) is 0 Å². The summed E-state index contributed by atoms with van der Waals surface area (Å²) in [5, 5.41) is 67.8. The summed E-state index contributed by atoms with van der Waals surface area (Å²) in [5.41, 5.74) is 6.83. The lowest BCUT2D eigenvalue weighted by Crippen LogP contribution is -2.63. The summed E-state index contributed by atoms with van der Waals surface area (Å²) in [6, 6.07) is 3.27. The number of carboxylic acids is 1. The molecule has 0 aliphatic heterocycles. The molecule has 66 heavy (non-hydrogen) atoms. The monoisotopic (exact) mass is 924 g/mol. The number of aromatic hydroxyl groups is 1. The molecule has 3 aromatic rings. The van der Waals surface area contributed by atoms with Crippen LogP contribution >= 0.6 is 0 Å². The molecule has 360 valence electrons. The van der Waals surface area contributed by atoms with E-state index in [4.69, 9.17) is 5.73 Å². The quantitative estimate of drug-likeness (QED) is 0.0370. The van der Waals surface area contributed by atoms with Crippen LogP contribution in [0, 0.1) is 5.92 Å². The first-order chi connectivity index (χ1) is 31.2. The van der Waals surface area contributed by atoms with Crippen molar-refractivity contribution in [2.75, 3.05) is 13.2 Å². The molecule has 15 N–H and O–H groups in total. The van der Waals surface area contributed by atoms with Gasteiger partial charge in [-0.25, -0.2) is 9.78 Å². The Morgan fingerprint density at radius 2 is 1.08 bits per heavy atom. The molecular weight excluding hydrogens is 865 g/mol. The number of nitrogens with zero attached hydrogens (tertiary/aromatic N) is 1. The number of rotatable bonds is 26. The zero-order valence-corrected chi connectivity index (χ0v) is 36.9. The number of amides is 7. The van der Waals surface area contributed by atoms with E-state index < -0.39 is 115 Å². The number of benzene rings is 2. The van der Waals surface area contributed by atoms with E-state index in [1.54, 1.807) is 44.2 Å². The van der Waals surface area contributed by atoms with Gasteiger partial charge in [0, 0.05) is 25.5 Å². The molecule has 0 aliphatic rings. The van der Waals surface area contributed by atoms with Crippen molar-refractivity contribution in [3.63, 3.8) is 0 Å². The molecule has 1 aromatic heterocycles. The molecule has 0 saturated heterocycles. The second-order valence-corrected chi connectivity index (χ2v) is 16.0. The average Bonchev–Trinajstić information content (AvgIpc) is 3.79. The van der Waals surface area contributed by atoms with Crippen LogP contribution in [0.4, 0.5) is 0 Å². The first kappa shape index (κ1) is 53.4. The Morgan fingerprint density at radius 1 is 0.606 bits per heavy atom. The molecule has 0 spiro atoms. The van der Waals surface area contributed by atoms with Gasteiger partial charge < -0.3 is 73.5 Å². The summed E-state index contributed by atoms with van der Waals surface area (Å²) in [6.45, 7) is 4.35. The lowest BCUT2D eigenvalue weighted by atomic mass is 10.0. The Labute approximate surface area is 380 Å². The number of hydrogen-bond donors (Lipinski definition) is 14. The predicted molar refractivity (Wildman–Crippen MR) is 234 cm³/mol. The number of carbonyl (C=O) groups excluding carboxylic acids is 7. The number of H-pyrrole nitrogens is 1. The number of carbonyl (C=O) groups is 8. The number of aliphatic hydroxyl groups is 3. The number of phenolic OH excluding ortho intramolecular Hbond substituents is 1. The van der Waals surface area contributed by atoms with Gasteiger partial charge in [-0.2, -0.15) is 0 Å². The third kappa shape index (κ3) is 17.2. The zero-order chi connectivity index (χ0) is 49.1. The standard InChI is InChI=1S/C43H60N10O13/c1-22(2)14-29(48-40(62)33(20-54)51-37(59)30(47-34(58)18-44)15-25-8-6-5-7-9-25)39(61)52-36(24(4)56)42(64)53-35(23(3)55)41(63)49-31(16-26-10-12-28(57)13-11-26)38(60)50-32(43(65)66)17-27-19-45-21-46-27/h5-13,19,21-24,29-33,35-36,54-57H,14-18,20,44H2,1-4H3,(H,45,46)(H,47,58)(H,48,62)(H,49,63)(H,50,60)(H,51,59)(H,52,61)(H,53,64)(H,65,66)/t23-,24-,29+,30+,31+,32+,33+,35+,36+/m1/s1. The second-order valence-electron chi connectivity index (χ2n) is 16.0. The van der Waals surface area contributed by atoms with Gasteiger partial charge >= 0.3 is 5.97 Å². The van der Waals surface area contributed by atoms with E-state index in [2.05, 4.69) is 47.2 Å². The number of nitrogens with two attached hydrogens (primary N) is 1. The van der Waals surface area contributed by atoms with Crippen LogP contribution in [0.25, 0.3) is 0 Å². The zero-order valence-electron chi connectivity index (χ0n) is 36.9. The Morgan fingerprint density at radius 3 is 1.58 bits per heavy atom. The molecule has 1 heterocycles. The molecule has 2 aromatic carbocycles. The van der Waals surface area contributed by atoms with E-state index in [0.29, 0.717) is 16.8 Å². The van der Waals surface area contributed by atoms with Crippen molar-refractivity contribution >= 4 is 47.3 Å². The Balaban J connectivity index is 1.78. The Hall–Kier alpha value is -6.95. The van der Waals surface area contributed by atoms with E-state index in [1.165, 1.54) is 36.8 Å². The summed E-state index contributed by atoms with van der Waals surface area (Å²) in [5.74, 6) is -8.55. The molecule has 3 rings (SSSR count). The number of phenols is 1. The van der Waals surface area contributed by atoms with Gasteiger partial charge in [-0.1, -0.05) is 56.3 Å². The van der Waals surface area contributed by atoms with Crippen molar-refractivity contribution < 1.29 is 63.9 Å². The van der Waals surface area contributed by atoms with Crippen molar-refractivity contribution in [2.45, 2.75) is 108 Å². The van der Waals surface area contributed by atoms with Crippen LogP contribution in [0.2, 0.25) is 0 Å². The molecule has 0 unspecified atom stereocenters. The van der Waals surface area contributed by atoms with Crippen LogP contribution in [0.5, 0.6) is 5.75 Å². The first-order valence-electron chi connectivity index (χ1n) is 21.0. The third-order valence-electron chi connectivity index (χ3n) is 9.99. The summed E-state index contributed by atoms with van der Waals surface area (Å²) in [7, 11) is 0. The highest BCUT2D eigenvalue weighted by Crippen LogP contribution is 2.13. The van der Waals surface area contributed by atoms with Crippen molar-refractivity contribution in [2.24, 2.45) is 11.7 Å². The maximum absolute atomic E-state index is 13.8. The summed E-state index contributed by atoms with van der Waals surface area (Å²) >= 11 is 0. The van der Waals surface area contributed by atoms with Crippen LogP contribution < -0.4 is 43.0 Å². The topological polar surface area (TPSA) is 377 Å². The average molecular weight is 925 g/mol. The van der Waals surface area contributed by atoms with Crippen LogP contribution in [0.1, 0.15) is 50.9 Å². The predicted octanol–water partition coefficient (Wildman–Crippen LogP) is -3.62. The molecule has 23 nitrogen and oxygen atoms in total. The fourth-order valence-electron chi connectivity index (χ4n) is 6.48. The maximum atomic E-state index is 13.8. The van der Waals surface area contributed by atoms with Gasteiger partial charge in [0.05, 0.1) is 37.4 Å². The van der Waals surface area contributed by atoms with Gasteiger partial charge in [0.1, 0.15) is 48.0 Å². The number of hydrogen-bond acceptors (Lipinski definition) is 14. The summed E-state index contributed by atoms with van der Waals surface area (Å²) in [6.07, 6.45) is -1.06. The van der Waals surface area contributed by atoms with Crippen molar-refractivity contribution in [3.8, 4) is 5.75 Å². The molecule has 0 fully saturated rings. The first-order valence-corrected chi connectivity index (χ1v) is 21.0. The van der Waals surface area contributed by atoms with Crippen LogP contribution in [0.3, 0.4) is 0 Å². The number of aromatic nitrogens is 2. The van der Waals surface area contributed by atoms with Gasteiger partial charge in [0.2, 0.25) is 41.4 Å². The lowest BCUT2D eigenvalue weighted by Gasteiger charge is -2.29. The van der Waals surface area contributed by atoms with E-state index in [-0.39, 0.29) is 37.4 Å². The minimum atomic E-state index is -1.83. The number of nitrogens with one attached hydrogen (secondary N) is 8. The van der Waals surface area contributed by atoms with E-state index in [0.717, 1.165) is 13.8 Å². The number of imidazole rings is 1. The fraction of sp³-hybridized carbons (Fsp3) is 0.465. The molecule has 7 amide bonds. The number of aliphatic carboxylic acids is 1. The third-order valence-corrected chi connectivity index (χ3v) is 9.99. The normalized spacial score (nSPS) is 15.2. The highest BCUT2D eigenvalue weighted by molar-refractivity contribution is 5.98. The minimum absolute atomic E-state index is 0.00703. The summed E-state index contributed by atoms with van der Waals surface area (Å²) < 4.78 is 0. The molecular formula is C43H60N10O13. The van der Waals surface area contributed by atoms with Crippen LogP contribution in [-0.4, -0.2) is 150 Å². The largest absolute Gasteiger partial charge is 0.508 e. The van der Waals surface area contributed by atoms with E-state index in [9.17, 15) is 63.9 Å².